The van der Waals surface area contributed by atoms with Crippen LogP contribution < -0.4 is 10.1 Å². The molecule has 0 aliphatic carbocycles. The lowest BCUT2D eigenvalue weighted by atomic mass is 10.0. The van der Waals surface area contributed by atoms with Crippen LogP contribution in [0.25, 0.3) is 10.2 Å². The van der Waals surface area contributed by atoms with Crippen molar-refractivity contribution in [3.8, 4) is 5.88 Å². The summed E-state index contributed by atoms with van der Waals surface area (Å²) in [6.07, 6.45) is 3.91. The van der Waals surface area contributed by atoms with Gasteiger partial charge in [-0.3, -0.25) is 9.69 Å². The third kappa shape index (κ3) is 5.34. The molecule has 1 fully saturated rings. The van der Waals surface area contributed by atoms with E-state index in [1.807, 2.05) is 6.92 Å². The lowest BCUT2D eigenvalue weighted by Crippen LogP contribution is -2.36. The van der Waals surface area contributed by atoms with Crippen LogP contribution in [-0.4, -0.2) is 47.6 Å². The van der Waals surface area contributed by atoms with Gasteiger partial charge >= 0.3 is 0 Å². The molecular formula is C25H32N4O3S. The van der Waals surface area contributed by atoms with E-state index in [1.54, 1.807) is 14.2 Å². The van der Waals surface area contributed by atoms with Gasteiger partial charge in [0.05, 0.1) is 17.4 Å². The maximum absolute atomic E-state index is 13.0. The number of rotatable bonds is 8. The van der Waals surface area contributed by atoms with Gasteiger partial charge < -0.3 is 14.8 Å². The van der Waals surface area contributed by atoms with Gasteiger partial charge in [0.2, 0.25) is 5.88 Å². The average molecular weight is 469 g/mol. The topological polar surface area (TPSA) is 76.6 Å². The summed E-state index contributed by atoms with van der Waals surface area (Å²) in [7, 11) is 3.17. The summed E-state index contributed by atoms with van der Waals surface area (Å²) < 4.78 is 10.6. The number of hydrogen-bond donors (Lipinski definition) is 1. The fourth-order valence-electron chi connectivity index (χ4n) is 4.35. The Morgan fingerprint density at radius 2 is 1.94 bits per heavy atom. The Balaban J connectivity index is 1.42. The first-order chi connectivity index (χ1) is 16.0. The summed E-state index contributed by atoms with van der Waals surface area (Å²) in [6, 6.07) is 9.20. The Morgan fingerprint density at radius 1 is 1.18 bits per heavy atom. The highest BCUT2D eigenvalue weighted by Gasteiger charge is 2.21. The smallest absolute Gasteiger partial charge is 0.261 e. The van der Waals surface area contributed by atoms with E-state index in [2.05, 4.69) is 51.4 Å². The predicted octanol–water partition coefficient (Wildman–Crippen LogP) is 4.46. The van der Waals surface area contributed by atoms with Crippen molar-refractivity contribution in [1.82, 2.24) is 20.2 Å². The first-order valence-corrected chi connectivity index (χ1v) is 12.2. The van der Waals surface area contributed by atoms with Crippen LogP contribution in [0.4, 0.5) is 0 Å². The number of thiophene rings is 1. The average Bonchev–Trinajstić information content (AvgIpc) is 3.16. The Hall–Kier alpha value is -2.55. The van der Waals surface area contributed by atoms with Gasteiger partial charge in [0.15, 0.2) is 5.82 Å². The fraction of sp³-hybridized carbons (Fsp3) is 0.480. The van der Waals surface area contributed by atoms with Crippen LogP contribution in [0.5, 0.6) is 5.88 Å². The quantitative estimate of drug-likeness (QED) is 0.526. The van der Waals surface area contributed by atoms with Crippen LogP contribution in [0.3, 0.4) is 0 Å². The van der Waals surface area contributed by atoms with E-state index in [0.717, 1.165) is 27.9 Å². The number of likely N-dealkylation sites (tertiary alicyclic amines) is 1. The molecule has 0 bridgehead atoms. The lowest BCUT2D eigenvalue weighted by molar-refractivity contribution is 0.0954. The monoisotopic (exact) mass is 468 g/mol. The van der Waals surface area contributed by atoms with Crippen LogP contribution in [0.2, 0.25) is 0 Å². The molecule has 1 unspecified atom stereocenters. The van der Waals surface area contributed by atoms with Crippen LogP contribution in [0.1, 0.15) is 58.4 Å². The van der Waals surface area contributed by atoms with Crippen molar-refractivity contribution in [2.24, 2.45) is 0 Å². The molecule has 1 aromatic carbocycles. The largest absolute Gasteiger partial charge is 0.480 e. The molecule has 2 aromatic heterocycles. The van der Waals surface area contributed by atoms with Gasteiger partial charge in [-0.05, 0) is 49.9 Å². The van der Waals surface area contributed by atoms with Gasteiger partial charge in [-0.25, -0.2) is 4.98 Å². The number of nitrogens with zero attached hydrogens (tertiary/aromatic N) is 3. The molecule has 0 saturated carbocycles. The van der Waals surface area contributed by atoms with E-state index < -0.39 is 0 Å². The Bertz CT molecular complexity index is 1110. The van der Waals surface area contributed by atoms with Crippen molar-refractivity contribution >= 4 is 27.5 Å². The van der Waals surface area contributed by atoms with Crippen LogP contribution in [0, 0.1) is 6.92 Å². The maximum atomic E-state index is 13.0. The number of aryl methyl sites for hydroxylation is 1. The van der Waals surface area contributed by atoms with E-state index in [0.29, 0.717) is 29.2 Å². The molecule has 7 nitrogen and oxygen atoms in total. The number of carbonyl (C=O) groups is 1. The van der Waals surface area contributed by atoms with Gasteiger partial charge in [0.1, 0.15) is 11.4 Å². The predicted molar refractivity (Wildman–Crippen MR) is 131 cm³/mol. The minimum absolute atomic E-state index is 0.114. The van der Waals surface area contributed by atoms with E-state index >= 15 is 0 Å². The van der Waals surface area contributed by atoms with Crippen molar-refractivity contribution in [2.75, 3.05) is 20.8 Å². The molecule has 1 amide bonds. The summed E-state index contributed by atoms with van der Waals surface area (Å²) in [6.45, 7) is 7.16. The Labute approximate surface area is 199 Å². The third-order valence-electron chi connectivity index (χ3n) is 6.28. The Morgan fingerprint density at radius 3 is 2.64 bits per heavy atom. The molecule has 1 aliphatic rings. The number of piperidine rings is 1. The van der Waals surface area contributed by atoms with E-state index in [1.165, 1.54) is 42.7 Å². The van der Waals surface area contributed by atoms with Gasteiger partial charge in [-0.15, -0.1) is 11.3 Å². The zero-order valence-corrected chi connectivity index (χ0v) is 20.6. The number of benzene rings is 1. The summed E-state index contributed by atoms with van der Waals surface area (Å²) in [5.74, 6) is 0.893. The zero-order valence-electron chi connectivity index (χ0n) is 19.8. The number of nitrogens with one attached hydrogen (secondary N) is 1. The number of aromatic nitrogens is 2. The van der Waals surface area contributed by atoms with Crippen molar-refractivity contribution in [3.05, 3.63) is 51.7 Å². The van der Waals surface area contributed by atoms with Crippen LogP contribution in [0.15, 0.2) is 24.3 Å². The molecule has 176 valence electrons. The second-order valence-corrected chi connectivity index (χ2v) is 9.63. The molecule has 1 aliphatic heterocycles. The molecule has 1 N–H and O–H groups in total. The van der Waals surface area contributed by atoms with E-state index in [4.69, 9.17) is 9.47 Å². The summed E-state index contributed by atoms with van der Waals surface area (Å²) in [5, 5.41) is 3.83. The fourth-order valence-corrected chi connectivity index (χ4v) is 5.46. The van der Waals surface area contributed by atoms with Crippen molar-refractivity contribution in [3.63, 3.8) is 0 Å². The highest BCUT2D eigenvalue weighted by Crippen LogP contribution is 2.35. The number of methoxy groups -OCH3 is 2. The molecule has 4 rings (SSSR count). The molecule has 1 saturated heterocycles. The van der Waals surface area contributed by atoms with Gasteiger partial charge in [0.25, 0.3) is 5.91 Å². The number of hydrogen-bond acceptors (Lipinski definition) is 7. The van der Waals surface area contributed by atoms with Crippen molar-refractivity contribution < 1.29 is 14.3 Å². The number of amides is 1. The third-order valence-corrected chi connectivity index (χ3v) is 7.46. The molecular weight excluding hydrogens is 436 g/mol. The summed E-state index contributed by atoms with van der Waals surface area (Å²) >= 11 is 1.35. The second kappa shape index (κ2) is 10.6. The number of fused-ring (bicyclic) bond motifs is 1. The molecule has 3 heterocycles. The van der Waals surface area contributed by atoms with Crippen LogP contribution >= 0.6 is 11.3 Å². The van der Waals surface area contributed by atoms with E-state index in [9.17, 15) is 4.79 Å². The lowest BCUT2D eigenvalue weighted by Gasteiger charge is -2.33. The zero-order chi connectivity index (χ0) is 23.4. The molecule has 0 radical (unpaired) electrons. The molecule has 33 heavy (non-hydrogen) atoms. The number of ether oxygens (including phenoxy) is 2. The van der Waals surface area contributed by atoms with Crippen molar-refractivity contribution in [2.45, 2.75) is 58.8 Å². The second-order valence-electron chi connectivity index (χ2n) is 8.63. The van der Waals surface area contributed by atoms with Crippen LogP contribution in [-0.2, 0) is 24.4 Å². The SMILES string of the molecule is COCc1nc(OC)c2c(C)c(C(=O)NCc3ccc(CN4CCCCC4C)cc3)sc2n1. The summed E-state index contributed by atoms with van der Waals surface area (Å²) in [5.41, 5.74) is 3.23. The minimum atomic E-state index is -0.114. The highest BCUT2D eigenvalue weighted by atomic mass is 32.1. The standard InChI is InChI=1S/C25H32N4O3S/c1-16-7-5-6-12-29(16)14-19-10-8-18(9-11-19)13-26-23(30)22-17(2)21-24(32-4)27-20(15-31-3)28-25(21)33-22/h8-11,16H,5-7,12-15H2,1-4H3,(H,26,30). The molecule has 1 atom stereocenters. The molecule has 3 aromatic rings. The number of carbonyl (C=O) groups excluding carboxylic acids is 1. The van der Waals surface area contributed by atoms with E-state index in [-0.39, 0.29) is 12.5 Å². The maximum Gasteiger partial charge on any atom is 0.261 e. The van der Waals surface area contributed by atoms with Gasteiger partial charge in [-0.2, -0.15) is 4.98 Å². The summed E-state index contributed by atoms with van der Waals surface area (Å²) in [4.78, 5) is 25.8. The normalized spacial score (nSPS) is 16.8. The Kier molecular flexibility index (Phi) is 7.57. The van der Waals surface area contributed by atoms with Gasteiger partial charge in [-0.1, -0.05) is 30.7 Å². The van der Waals surface area contributed by atoms with Crippen molar-refractivity contribution in [1.29, 1.82) is 0 Å². The molecule has 8 heteroatoms. The highest BCUT2D eigenvalue weighted by molar-refractivity contribution is 7.20. The first-order valence-electron chi connectivity index (χ1n) is 11.4. The van der Waals surface area contributed by atoms with Gasteiger partial charge in [0, 0.05) is 26.2 Å². The minimum Gasteiger partial charge on any atom is -0.480 e. The first kappa shape index (κ1) is 23.6. The molecule has 0 spiro atoms.